The zero-order valence-electron chi connectivity index (χ0n) is 12.3. The van der Waals surface area contributed by atoms with Gasteiger partial charge in [0.2, 0.25) is 0 Å². The van der Waals surface area contributed by atoms with Crippen molar-refractivity contribution in [2.45, 2.75) is 52.6 Å². The number of aromatic nitrogens is 1. The van der Waals surface area contributed by atoms with Crippen molar-refractivity contribution in [3.8, 4) is 0 Å². The zero-order chi connectivity index (χ0) is 14.0. The molecule has 2 nitrogen and oxygen atoms in total. The third-order valence-corrected chi connectivity index (χ3v) is 5.60. The second-order valence-electron chi connectivity index (χ2n) is 5.93. The number of rotatable bonds is 4. The van der Waals surface area contributed by atoms with Crippen molar-refractivity contribution in [1.82, 2.24) is 10.3 Å². The van der Waals surface area contributed by atoms with E-state index in [1.165, 1.54) is 19.6 Å². The van der Waals surface area contributed by atoms with Crippen LogP contribution in [-0.4, -0.2) is 4.98 Å². The Morgan fingerprint density at radius 1 is 1.26 bits per heavy atom. The van der Waals surface area contributed by atoms with Crippen molar-refractivity contribution in [2.24, 2.45) is 0 Å². The van der Waals surface area contributed by atoms with Crippen molar-refractivity contribution in [1.29, 1.82) is 0 Å². The molecule has 1 atom stereocenters. The minimum absolute atomic E-state index is 0.251. The molecule has 0 aliphatic rings. The second-order valence-corrected chi connectivity index (χ2v) is 8.36. The van der Waals surface area contributed by atoms with Crippen molar-refractivity contribution in [2.75, 3.05) is 0 Å². The molecule has 2 aromatic rings. The molecular weight excluding hydrogens is 272 g/mol. The van der Waals surface area contributed by atoms with Crippen molar-refractivity contribution in [3.63, 3.8) is 0 Å². The largest absolute Gasteiger partial charge is 0.303 e. The highest BCUT2D eigenvalue weighted by Crippen LogP contribution is 2.29. The fourth-order valence-electron chi connectivity index (χ4n) is 1.79. The minimum Gasteiger partial charge on any atom is -0.303 e. The predicted octanol–water partition coefficient (Wildman–Crippen LogP) is 4.66. The summed E-state index contributed by atoms with van der Waals surface area (Å²) in [5.41, 5.74) is 0.251. The summed E-state index contributed by atoms with van der Waals surface area (Å²) in [4.78, 5) is 8.54. The van der Waals surface area contributed by atoms with E-state index in [9.17, 15) is 0 Å². The lowest BCUT2D eigenvalue weighted by Gasteiger charge is -2.15. The van der Waals surface area contributed by atoms with Gasteiger partial charge in [0, 0.05) is 27.4 Å². The van der Waals surface area contributed by atoms with Crippen molar-refractivity contribution < 1.29 is 0 Å². The molecule has 2 aromatic heterocycles. The zero-order valence-corrected chi connectivity index (χ0v) is 13.9. The molecule has 0 saturated carbocycles. The summed E-state index contributed by atoms with van der Waals surface area (Å²) >= 11 is 3.67. The highest BCUT2D eigenvalue weighted by molar-refractivity contribution is 7.12. The number of nitrogens with zero attached hydrogens (tertiary/aromatic N) is 1. The van der Waals surface area contributed by atoms with E-state index in [4.69, 9.17) is 0 Å². The van der Waals surface area contributed by atoms with E-state index in [0.29, 0.717) is 6.04 Å². The van der Waals surface area contributed by atoms with Crippen LogP contribution < -0.4 is 5.32 Å². The maximum absolute atomic E-state index is 4.43. The monoisotopic (exact) mass is 294 g/mol. The quantitative estimate of drug-likeness (QED) is 0.887. The van der Waals surface area contributed by atoms with E-state index >= 15 is 0 Å². The lowest BCUT2D eigenvalue weighted by Crippen LogP contribution is -2.17. The Morgan fingerprint density at radius 2 is 2.00 bits per heavy atom. The predicted molar refractivity (Wildman–Crippen MR) is 85.1 cm³/mol. The van der Waals surface area contributed by atoms with E-state index in [2.05, 4.69) is 57.1 Å². The van der Waals surface area contributed by atoms with Crippen LogP contribution in [0.2, 0.25) is 0 Å². The van der Waals surface area contributed by atoms with Gasteiger partial charge in [-0.25, -0.2) is 4.98 Å². The molecule has 4 heteroatoms. The summed E-state index contributed by atoms with van der Waals surface area (Å²) in [7, 11) is 0. The Bertz CT molecular complexity index is 534. The molecule has 0 saturated heterocycles. The molecule has 104 valence electrons. The molecule has 0 spiro atoms. The highest BCUT2D eigenvalue weighted by atomic mass is 32.1. The Kier molecular flexibility index (Phi) is 4.43. The van der Waals surface area contributed by atoms with Gasteiger partial charge in [0.1, 0.15) is 5.01 Å². The first-order valence-electron chi connectivity index (χ1n) is 6.61. The molecule has 2 heterocycles. The van der Waals surface area contributed by atoms with E-state index in [-0.39, 0.29) is 5.41 Å². The first kappa shape index (κ1) is 14.7. The SMILES string of the molecule is Cc1cnc(C(C)NCc2ccc(C(C)(C)C)s2)s1. The molecule has 0 fully saturated rings. The summed E-state index contributed by atoms with van der Waals surface area (Å²) in [6.45, 7) is 12.0. The summed E-state index contributed by atoms with van der Waals surface area (Å²) < 4.78 is 0. The number of aryl methyl sites for hydroxylation is 1. The van der Waals surface area contributed by atoms with E-state index in [0.717, 1.165) is 6.54 Å². The third kappa shape index (κ3) is 3.88. The van der Waals surface area contributed by atoms with Gasteiger partial charge in [-0.3, -0.25) is 0 Å². The van der Waals surface area contributed by atoms with Gasteiger partial charge in [0.15, 0.2) is 0 Å². The number of nitrogens with one attached hydrogen (secondary N) is 1. The number of thiazole rings is 1. The van der Waals surface area contributed by atoms with Gasteiger partial charge < -0.3 is 5.32 Å². The van der Waals surface area contributed by atoms with Crippen LogP contribution in [0.5, 0.6) is 0 Å². The van der Waals surface area contributed by atoms with Crippen LogP contribution >= 0.6 is 22.7 Å². The van der Waals surface area contributed by atoms with E-state index in [1.807, 2.05) is 17.5 Å². The summed E-state index contributed by atoms with van der Waals surface area (Å²) in [6.07, 6.45) is 1.95. The molecule has 1 N–H and O–H groups in total. The van der Waals surface area contributed by atoms with Crippen LogP contribution in [-0.2, 0) is 12.0 Å². The van der Waals surface area contributed by atoms with Crippen molar-refractivity contribution in [3.05, 3.63) is 38.0 Å². The molecule has 0 aliphatic carbocycles. The van der Waals surface area contributed by atoms with Gasteiger partial charge in [0.05, 0.1) is 6.04 Å². The molecule has 0 aromatic carbocycles. The van der Waals surface area contributed by atoms with Gasteiger partial charge >= 0.3 is 0 Å². The smallest absolute Gasteiger partial charge is 0.109 e. The maximum Gasteiger partial charge on any atom is 0.109 e. The van der Waals surface area contributed by atoms with Crippen LogP contribution in [0.1, 0.15) is 53.4 Å². The van der Waals surface area contributed by atoms with Crippen LogP contribution in [0.15, 0.2) is 18.3 Å². The van der Waals surface area contributed by atoms with Gasteiger partial charge in [-0.15, -0.1) is 22.7 Å². The summed E-state index contributed by atoms with van der Waals surface area (Å²) in [6, 6.07) is 4.80. The summed E-state index contributed by atoms with van der Waals surface area (Å²) in [5, 5.41) is 4.72. The third-order valence-electron chi connectivity index (χ3n) is 2.99. The molecule has 0 amide bonds. The van der Waals surface area contributed by atoms with Gasteiger partial charge in [-0.05, 0) is 31.4 Å². The normalized spacial score (nSPS) is 13.7. The fourth-order valence-corrected chi connectivity index (χ4v) is 3.61. The van der Waals surface area contributed by atoms with Crippen LogP contribution in [0.3, 0.4) is 0 Å². The van der Waals surface area contributed by atoms with Crippen LogP contribution in [0.25, 0.3) is 0 Å². The van der Waals surface area contributed by atoms with Gasteiger partial charge in [-0.1, -0.05) is 20.8 Å². The second kappa shape index (κ2) is 5.73. The van der Waals surface area contributed by atoms with Gasteiger partial charge in [0.25, 0.3) is 0 Å². The molecular formula is C15H22N2S2. The van der Waals surface area contributed by atoms with Gasteiger partial charge in [-0.2, -0.15) is 0 Å². The molecule has 1 unspecified atom stereocenters. The maximum atomic E-state index is 4.43. The Hall–Kier alpha value is -0.710. The number of hydrogen-bond donors (Lipinski definition) is 1. The summed E-state index contributed by atoms with van der Waals surface area (Å²) in [5.74, 6) is 0. The van der Waals surface area contributed by atoms with Crippen LogP contribution in [0.4, 0.5) is 0 Å². The Balaban J connectivity index is 1.94. The van der Waals surface area contributed by atoms with E-state index < -0.39 is 0 Å². The molecule has 2 rings (SSSR count). The first-order valence-corrected chi connectivity index (χ1v) is 8.24. The average Bonchev–Trinajstić information content (AvgIpc) is 2.93. The first-order chi connectivity index (χ1) is 8.86. The topological polar surface area (TPSA) is 24.9 Å². The Morgan fingerprint density at radius 3 is 2.53 bits per heavy atom. The molecule has 0 radical (unpaired) electrons. The van der Waals surface area contributed by atoms with Crippen molar-refractivity contribution >= 4 is 22.7 Å². The number of hydrogen-bond acceptors (Lipinski definition) is 4. The number of thiophene rings is 1. The molecule has 0 aliphatic heterocycles. The lowest BCUT2D eigenvalue weighted by molar-refractivity contribution is 0.576. The standard InChI is InChI=1S/C15H22N2S2/c1-10-8-17-14(18-10)11(2)16-9-12-6-7-13(19-12)15(3,4)5/h6-8,11,16H,9H2,1-5H3. The highest BCUT2D eigenvalue weighted by Gasteiger charge is 2.16. The van der Waals surface area contributed by atoms with E-state index in [1.54, 1.807) is 11.3 Å². The minimum atomic E-state index is 0.251. The average molecular weight is 294 g/mol. The molecule has 19 heavy (non-hydrogen) atoms. The van der Waals surface area contributed by atoms with Crippen LogP contribution in [0, 0.1) is 6.92 Å². The fraction of sp³-hybridized carbons (Fsp3) is 0.533. The lowest BCUT2D eigenvalue weighted by atomic mass is 9.95. The Labute approximate surface area is 123 Å². The molecule has 0 bridgehead atoms.